The molecule has 1 amide bonds. The van der Waals surface area contributed by atoms with Gasteiger partial charge in [-0.1, -0.05) is 12.8 Å². The predicted molar refractivity (Wildman–Crippen MR) is 72.5 cm³/mol. The third kappa shape index (κ3) is 2.66. The first-order valence-electron chi connectivity index (χ1n) is 7.28. The number of nitrogens with zero attached hydrogens (tertiary/aromatic N) is 3. The van der Waals surface area contributed by atoms with Crippen molar-refractivity contribution in [3.05, 3.63) is 18.2 Å². The van der Waals surface area contributed by atoms with Crippen LogP contribution >= 0.6 is 0 Å². The minimum absolute atomic E-state index is 0.0638. The monoisotopic (exact) mass is 262 g/mol. The SMILES string of the molecule is C[C@@H](C(=O)NC1CCCC1)N1CCn2ccnc2C1. The highest BCUT2D eigenvalue weighted by Crippen LogP contribution is 2.19. The van der Waals surface area contributed by atoms with Gasteiger partial charge in [-0.05, 0) is 19.8 Å². The molecule has 0 radical (unpaired) electrons. The number of hydrogen-bond donors (Lipinski definition) is 1. The Morgan fingerprint density at radius 3 is 3.00 bits per heavy atom. The lowest BCUT2D eigenvalue weighted by Crippen LogP contribution is -2.49. The van der Waals surface area contributed by atoms with E-state index in [0.29, 0.717) is 6.04 Å². The second-order valence-electron chi connectivity index (χ2n) is 5.67. The van der Waals surface area contributed by atoms with Crippen LogP contribution in [0.25, 0.3) is 0 Å². The molecular formula is C14H22N4O. The molecule has 1 aromatic heterocycles. The molecule has 2 aliphatic rings. The van der Waals surface area contributed by atoms with Crippen molar-refractivity contribution >= 4 is 5.91 Å². The van der Waals surface area contributed by atoms with E-state index in [-0.39, 0.29) is 11.9 Å². The maximum atomic E-state index is 12.3. The highest BCUT2D eigenvalue weighted by molar-refractivity contribution is 5.81. The smallest absolute Gasteiger partial charge is 0.237 e. The first kappa shape index (κ1) is 12.7. The number of rotatable bonds is 3. The van der Waals surface area contributed by atoms with Crippen LogP contribution in [0.15, 0.2) is 12.4 Å². The summed E-state index contributed by atoms with van der Waals surface area (Å²) in [6.07, 6.45) is 8.63. The van der Waals surface area contributed by atoms with Crippen LogP contribution in [-0.2, 0) is 17.9 Å². The summed E-state index contributed by atoms with van der Waals surface area (Å²) in [6.45, 7) is 4.62. The van der Waals surface area contributed by atoms with Gasteiger partial charge in [0.1, 0.15) is 5.82 Å². The summed E-state index contributed by atoms with van der Waals surface area (Å²) in [5.41, 5.74) is 0. The van der Waals surface area contributed by atoms with Crippen LogP contribution < -0.4 is 5.32 Å². The Morgan fingerprint density at radius 1 is 1.42 bits per heavy atom. The van der Waals surface area contributed by atoms with Crippen molar-refractivity contribution in [1.29, 1.82) is 0 Å². The summed E-state index contributed by atoms with van der Waals surface area (Å²) in [5.74, 6) is 1.23. The van der Waals surface area contributed by atoms with Crippen LogP contribution in [0.4, 0.5) is 0 Å². The van der Waals surface area contributed by atoms with Crippen LogP contribution in [0.2, 0.25) is 0 Å². The molecule has 2 heterocycles. The van der Waals surface area contributed by atoms with Crippen molar-refractivity contribution in [3.63, 3.8) is 0 Å². The van der Waals surface area contributed by atoms with Gasteiger partial charge < -0.3 is 9.88 Å². The average Bonchev–Trinajstić information content (AvgIpc) is 3.07. The molecule has 0 spiro atoms. The van der Waals surface area contributed by atoms with Crippen molar-refractivity contribution in [3.8, 4) is 0 Å². The van der Waals surface area contributed by atoms with E-state index in [2.05, 4.69) is 19.8 Å². The number of carbonyl (C=O) groups is 1. The lowest BCUT2D eigenvalue weighted by molar-refractivity contribution is -0.127. The van der Waals surface area contributed by atoms with E-state index < -0.39 is 0 Å². The van der Waals surface area contributed by atoms with Gasteiger partial charge in [-0.2, -0.15) is 0 Å². The van der Waals surface area contributed by atoms with Gasteiger partial charge in [-0.15, -0.1) is 0 Å². The summed E-state index contributed by atoms with van der Waals surface area (Å²) in [7, 11) is 0. The Kier molecular flexibility index (Phi) is 3.55. The van der Waals surface area contributed by atoms with Gasteiger partial charge >= 0.3 is 0 Å². The largest absolute Gasteiger partial charge is 0.352 e. The Labute approximate surface area is 114 Å². The number of imidazole rings is 1. The van der Waals surface area contributed by atoms with Crippen molar-refractivity contribution in [1.82, 2.24) is 19.8 Å². The zero-order valence-corrected chi connectivity index (χ0v) is 11.5. The molecule has 1 fully saturated rings. The number of aromatic nitrogens is 2. The van der Waals surface area contributed by atoms with E-state index in [1.807, 2.05) is 19.3 Å². The third-order valence-corrected chi connectivity index (χ3v) is 4.40. The van der Waals surface area contributed by atoms with E-state index in [1.54, 1.807) is 0 Å². The predicted octanol–water partition coefficient (Wildman–Crippen LogP) is 1.15. The van der Waals surface area contributed by atoms with E-state index in [0.717, 1.165) is 38.3 Å². The van der Waals surface area contributed by atoms with Crippen molar-refractivity contribution in [2.75, 3.05) is 6.54 Å². The van der Waals surface area contributed by atoms with Crippen LogP contribution in [0.3, 0.4) is 0 Å². The molecule has 19 heavy (non-hydrogen) atoms. The summed E-state index contributed by atoms with van der Waals surface area (Å²) in [6, 6.07) is 0.341. The third-order valence-electron chi connectivity index (χ3n) is 4.40. The lowest BCUT2D eigenvalue weighted by atomic mass is 10.2. The molecule has 0 saturated heterocycles. The van der Waals surface area contributed by atoms with Gasteiger partial charge in [0.15, 0.2) is 0 Å². The number of nitrogens with one attached hydrogen (secondary N) is 1. The summed E-state index contributed by atoms with van der Waals surface area (Å²) < 4.78 is 2.16. The van der Waals surface area contributed by atoms with Crippen molar-refractivity contribution in [2.24, 2.45) is 0 Å². The standard InChI is InChI=1S/C14H22N4O/c1-11(14(19)16-12-4-2-3-5-12)18-9-8-17-7-6-15-13(17)10-18/h6-7,11-12H,2-5,8-10H2,1H3,(H,16,19)/t11-/m0/s1. The molecule has 3 rings (SSSR count). The van der Waals surface area contributed by atoms with Gasteiger partial charge in [-0.3, -0.25) is 9.69 Å². The molecule has 0 bridgehead atoms. The first-order valence-corrected chi connectivity index (χ1v) is 7.28. The number of hydrogen-bond acceptors (Lipinski definition) is 3. The van der Waals surface area contributed by atoms with Gasteiger partial charge in [-0.25, -0.2) is 4.98 Å². The summed E-state index contributed by atoms with van der Waals surface area (Å²) in [5, 5.41) is 3.19. The van der Waals surface area contributed by atoms with E-state index >= 15 is 0 Å². The topological polar surface area (TPSA) is 50.2 Å². The Hall–Kier alpha value is -1.36. The number of amides is 1. The van der Waals surface area contributed by atoms with E-state index in [1.165, 1.54) is 12.8 Å². The average molecular weight is 262 g/mol. The molecule has 1 aliphatic carbocycles. The fourth-order valence-electron chi connectivity index (χ4n) is 3.08. The van der Waals surface area contributed by atoms with Crippen molar-refractivity contribution < 1.29 is 4.79 Å². The minimum atomic E-state index is -0.0638. The molecule has 0 unspecified atom stereocenters. The molecule has 1 N–H and O–H groups in total. The van der Waals surface area contributed by atoms with Crippen LogP contribution in [0.1, 0.15) is 38.4 Å². The highest BCUT2D eigenvalue weighted by Gasteiger charge is 2.27. The van der Waals surface area contributed by atoms with Gasteiger partial charge in [0.05, 0.1) is 12.6 Å². The second kappa shape index (κ2) is 5.33. The maximum Gasteiger partial charge on any atom is 0.237 e. The van der Waals surface area contributed by atoms with Gasteiger partial charge in [0.2, 0.25) is 5.91 Å². The Balaban J connectivity index is 1.58. The zero-order chi connectivity index (χ0) is 13.2. The van der Waals surface area contributed by atoms with Gasteiger partial charge in [0, 0.05) is 31.5 Å². The Bertz CT molecular complexity index is 450. The molecule has 5 heteroatoms. The lowest BCUT2D eigenvalue weighted by Gasteiger charge is -2.32. The van der Waals surface area contributed by atoms with E-state index in [4.69, 9.17) is 0 Å². The second-order valence-corrected chi connectivity index (χ2v) is 5.67. The van der Waals surface area contributed by atoms with E-state index in [9.17, 15) is 4.79 Å². The summed E-state index contributed by atoms with van der Waals surface area (Å²) in [4.78, 5) is 18.8. The molecule has 1 aromatic rings. The zero-order valence-electron chi connectivity index (χ0n) is 11.5. The highest BCUT2D eigenvalue weighted by atomic mass is 16.2. The molecule has 104 valence electrons. The fraction of sp³-hybridized carbons (Fsp3) is 0.714. The molecule has 0 aromatic carbocycles. The van der Waals surface area contributed by atoms with Crippen LogP contribution in [-0.4, -0.2) is 39.0 Å². The summed E-state index contributed by atoms with van der Waals surface area (Å²) >= 11 is 0. The molecular weight excluding hydrogens is 240 g/mol. The van der Waals surface area contributed by atoms with Gasteiger partial charge in [0.25, 0.3) is 0 Å². The first-order chi connectivity index (χ1) is 9.24. The molecule has 1 atom stereocenters. The number of fused-ring (bicyclic) bond motifs is 1. The Morgan fingerprint density at radius 2 is 2.21 bits per heavy atom. The minimum Gasteiger partial charge on any atom is -0.352 e. The molecule has 1 aliphatic heterocycles. The van der Waals surface area contributed by atoms with Crippen LogP contribution in [0.5, 0.6) is 0 Å². The fourth-order valence-corrected chi connectivity index (χ4v) is 3.08. The normalized spacial score (nSPS) is 22.2. The maximum absolute atomic E-state index is 12.3. The molecule has 1 saturated carbocycles. The molecule has 5 nitrogen and oxygen atoms in total. The quantitative estimate of drug-likeness (QED) is 0.889. The van der Waals surface area contributed by atoms with Crippen molar-refractivity contribution in [2.45, 2.75) is 57.8 Å². The van der Waals surface area contributed by atoms with Crippen LogP contribution in [0, 0.1) is 0 Å². The number of carbonyl (C=O) groups excluding carboxylic acids is 1.